The second kappa shape index (κ2) is 4.09. The number of H-pyrrole nitrogens is 1. The fourth-order valence-corrected chi connectivity index (χ4v) is 2.31. The Kier molecular flexibility index (Phi) is 2.26. The van der Waals surface area contributed by atoms with Crippen LogP contribution in [0.3, 0.4) is 0 Å². The minimum Gasteiger partial charge on any atom is -0.339 e. The number of aromatic amines is 1. The van der Waals surface area contributed by atoms with Crippen LogP contribution in [0.2, 0.25) is 0 Å². The number of pyridine rings is 3. The first-order valence-electron chi connectivity index (χ1n) is 6.16. The summed E-state index contributed by atoms with van der Waals surface area (Å²) in [4.78, 5) is 15.6. The molecule has 0 fully saturated rings. The summed E-state index contributed by atoms with van der Waals surface area (Å²) in [6.45, 7) is 0. The highest BCUT2D eigenvalue weighted by Gasteiger charge is 2.07. The summed E-state index contributed by atoms with van der Waals surface area (Å²) in [5.74, 6) is -0.494. The zero-order valence-corrected chi connectivity index (χ0v) is 10.3. The fourth-order valence-electron chi connectivity index (χ4n) is 2.31. The number of aromatic nitrogens is 4. The van der Waals surface area contributed by atoms with Crippen LogP contribution in [0.1, 0.15) is 0 Å². The molecule has 4 heterocycles. The lowest BCUT2D eigenvalue weighted by molar-refractivity contribution is 0.584. The van der Waals surface area contributed by atoms with Gasteiger partial charge in [-0.25, -0.2) is 9.97 Å². The first-order chi connectivity index (χ1) is 9.81. The minimum atomic E-state index is -0.494. The number of halogens is 1. The van der Waals surface area contributed by atoms with Crippen molar-refractivity contribution in [2.24, 2.45) is 0 Å². The molecule has 4 aromatic rings. The molecule has 0 aliphatic heterocycles. The average molecular weight is 264 g/mol. The van der Waals surface area contributed by atoms with Gasteiger partial charge < -0.3 is 4.98 Å². The molecule has 0 saturated carbocycles. The van der Waals surface area contributed by atoms with Gasteiger partial charge in [-0.15, -0.1) is 0 Å². The van der Waals surface area contributed by atoms with E-state index < -0.39 is 5.95 Å². The van der Waals surface area contributed by atoms with Crippen molar-refractivity contribution in [3.05, 3.63) is 54.9 Å². The summed E-state index contributed by atoms with van der Waals surface area (Å²) in [5, 5.41) is 2.06. The standard InChI is InChI=1S/C15H9FN4/c16-14-4-1-9(7-18-14)12-3-2-10-11-8-17-6-5-13(11)20-15(10)19-12/h1-8H,(H,19,20). The fraction of sp³-hybridized carbons (Fsp3) is 0. The first kappa shape index (κ1) is 11.0. The molecule has 96 valence electrons. The van der Waals surface area contributed by atoms with E-state index in [2.05, 4.69) is 19.9 Å². The van der Waals surface area contributed by atoms with Crippen molar-refractivity contribution in [2.45, 2.75) is 0 Å². The monoisotopic (exact) mass is 264 g/mol. The Morgan fingerprint density at radius 2 is 1.90 bits per heavy atom. The molecule has 0 aromatic carbocycles. The van der Waals surface area contributed by atoms with Crippen LogP contribution in [0.25, 0.3) is 33.2 Å². The van der Waals surface area contributed by atoms with E-state index in [0.717, 1.165) is 33.2 Å². The lowest BCUT2D eigenvalue weighted by Gasteiger charge is -2.00. The van der Waals surface area contributed by atoms with Gasteiger partial charge in [0.2, 0.25) is 5.95 Å². The highest BCUT2D eigenvalue weighted by Crippen LogP contribution is 2.26. The molecule has 0 saturated heterocycles. The molecule has 4 rings (SSSR count). The summed E-state index contributed by atoms with van der Waals surface area (Å²) < 4.78 is 12.9. The van der Waals surface area contributed by atoms with Gasteiger partial charge in [-0.3, -0.25) is 4.98 Å². The molecule has 0 atom stereocenters. The Balaban J connectivity index is 1.94. The highest BCUT2D eigenvalue weighted by atomic mass is 19.1. The second-order valence-corrected chi connectivity index (χ2v) is 4.51. The summed E-state index contributed by atoms with van der Waals surface area (Å²) in [6.07, 6.45) is 5.03. The van der Waals surface area contributed by atoms with Crippen molar-refractivity contribution in [3.8, 4) is 11.3 Å². The summed E-state index contributed by atoms with van der Waals surface area (Å²) in [6, 6.07) is 8.80. The van der Waals surface area contributed by atoms with Gasteiger partial charge in [0.05, 0.1) is 11.2 Å². The number of rotatable bonds is 1. The van der Waals surface area contributed by atoms with Gasteiger partial charge in [0.15, 0.2) is 0 Å². The average Bonchev–Trinajstić information content (AvgIpc) is 2.85. The van der Waals surface area contributed by atoms with E-state index >= 15 is 0 Å². The van der Waals surface area contributed by atoms with Crippen LogP contribution in [0.15, 0.2) is 48.9 Å². The molecule has 4 aromatic heterocycles. The predicted octanol–water partition coefficient (Wildman–Crippen LogP) is 3.31. The van der Waals surface area contributed by atoms with E-state index in [1.54, 1.807) is 12.3 Å². The smallest absolute Gasteiger partial charge is 0.212 e. The van der Waals surface area contributed by atoms with Crippen LogP contribution in [-0.2, 0) is 0 Å². The quantitative estimate of drug-likeness (QED) is 0.536. The zero-order valence-electron chi connectivity index (χ0n) is 10.3. The lowest BCUT2D eigenvalue weighted by atomic mass is 10.1. The number of fused-ring (bicyclic) bond motifs is 3. The molecular formula is C15H9FN4. The van der Waals surface area contributed by atoms with E-state index in [-0.39, 0.29) is 0 Å². The van der Waals surface area contributed by atoms with Crippen molar-refractivity contribution in [1.29, 1.82) is 0 Å². The molecule has 5 heteroatoms. The highest BCUT2D eigenvalue weighted by molar-refractivity contribution is 6.05. The Morgan fingerprint density at radius 3 is 2.75 bits per heavy atom. The maximum absolute atomic E-state index is 12.9. The van der Waals surface area contributed by atoms with Crippen molar-refractivity contribution in [3.63, 3.8) is 0 Å². The lowest BCUT2D eigenvalue weighted by Crippen LogP contribution is -1.87. The Bertz CT molecular complexity index is 912. The van der Waals surface area contributed by atoms with Gasteiger partial charge in [0.25, 0.3) is 0 Å². The Morgan fingerprint density at radius 1 is 0.950 bits per heavy atom. The molecule has 0 unspecified atom stereocenters. The van der Waals surface area contributed by atoms with Gasteiger partial charge >= 0.3 is 0 Å². The van der Waals surface area contributed by atoms with Gasteiger partial charge in [-0.1, -0.05) is 0 Å². The van der Waals surface area contributed by atoms with Crippen molar-refractivity contribution >= 4 is 21.9 Å². The number of hydrogen-bond acceptors (Lipinski definition) is 3. The minimum absolute atomic E-state index is 0.494. The number of nitrogens with one attached hydrogen (secondary N) is 1. The molecule has 20 heavy (non-hydrogen) atoms. The van der Waals surface area contributed by atoms with E-state index in [1.807, 2.05) is 24.4 Å². The van der Waals surface area contributed by atoms with Crippen LogP contribution in [0.4, 0.5) is 4.39 Å². The van der Waals surface area contributed by atoms with Crippen molar-refractivity contribution in [2.75, 3.05) is 0 Å². The molecule has 0 radical (unpaired) electrons. The zero-order chi connectivity index (χ0) is 13.5. The van der Waals surface area contributed by atoms with E-state index in [0.29, 0.717) is 0 Å². The third-order valence-electron chi connectivity index (χ3n) is 3.28. The van der Waals surface area contributed by atoms with E-state index in [9.17, 15) is 4.39 Å². The first-order valence-corrected chi connectivity index (χ1v) is 6.16. The Labute approximate surface area is 113 Å². The van der Waals surface area contributed by atoms with E-state index in [4.69, 9.17) is 0 Å². The van der Waals surface area contributed by atoms with Crippen LogP contribution < -0.4 is 0 Å². The van der Waals surface area contributed by atoms with Crippen LogP contribution in [0.5, 0.6) is 0 Å². The second-order valence-electron chi connectivity index (χ2n) is 4.51. The molecule has 4 nitrogen and oxygen atoms in total. The molecule has 1 N–H and O–H groups in total. The molecule has 0 bridgehead atoms. The van der Waals surface area contributed by atoms with Crippen LogP contribution >= 0.6 is 0 Å². The van der Waals surface area contributed by atoms with Crippen molar-refractivity contribution in [1.82, 2.24) is 19.9 Å². The molecule has 0 aliphatic rings. The van der Waals surface area contributed by atoms with Crippen molar-refractivity contribution < 1.29 is 4.39 Å². The maximum Gasteiger partial charge on any atom is 0.212 e. The summed E-state index contributed by atoms with van der Waals surface area (Å²) in [5.41, 5.74) is 3.32. The number of nitrogens with zero attached hydrogens (tertiary/aromatic N) is 3. The molecule has 0 amide bonds. The molecule has 0 aliphatic carbocycles. The van der Waals surface area contributed by atoms with Crippen LogP contribution in [-0.4, -0.2) is 19.9 Å². The van der Waals surface area contributed by atoms with Gasteiger partial charge in [0, 0.05) is 34.9 Å². The normalized spacial score (nSPS) is 11.2. The largest absolute Gasteiger partial charge is 0.339 e. The Hall–Kier alpha value is -2.82. The van der Waals surface area contributed by atoms with Gasteiger partial charge in [-0.2, -0.15) is 4.39 Å². The molecule has 0 spiro atoms. The number of hydrogen-bond donors (Lipinski definition) is 1. The summed E-state index contributed by atoms with van der Waals surface area (Å²) in [7, 11) is 0. The third kappa shape index (κ3) is 1.64. The van der Waals surface area contributed by atoms with Gasteiger partial charge in [0.1, 0.15) is 5.65 Å². The topological polar surface area (TPSA) is 54.5 Å². The van der Waals surface area contributed by atoms with E-state index in [1.165, 1.54) is 12.3 Å². The molecular weight excluding hydrogens is 255 g/mol. The maximum atomic E-state index is 12.9. The predicted molar refractivity (Wildman–Crippen MR) is 74.6 cm³/mol. The van der Waals surface area contributed by atoms with Crippen LogP contribution in [0, 0.1) is 5.95 Å². The SMILES string of the molecule is Fc1ccc(-c2ccc3c(n2)[nH]c2ccncc23)cn1. The summed E-state index contributed by atoms with van der Waals surface area (Å²) >= 11 is 0. The van der Waals surface area contributed by atoms with Gasteiger partial charge in [-0.05, 0) is 30.3 Å². The third-order valence-corrected chi connectivity index (χ3v) is 3.28.